The molecule has 0 fully saturated rings. The number of nitrogens with zero attached hydrogens (tertiary/aromatic N) is 1. The topological polar surface area (TPSA) is 50.5 Å². The molecule has 0 saturated carbocycles. The van der Waals surface area contributed by atoms with Crippen molar-refractivity contribution in [3.05, 3.63) is 42.5 Å². The lowest BCUT2D eigenvalue weighted by Crippen LogP contribution is -2.09. The highest BCUT2D eigenvalue weighted by Gasteiger charge is 2.06. The molecular weight excluding hydrogens is 262 g/mol. The SMILES string of the molecule is COCCNc1ccc(N)cc1-c1ccc(N(C)C)cc1. The van der Waals surface area contributed by atoms with Crippen LogP contribution in [0.25, 0.3) is 11.1 Å². The fourth-order valence-corrected chi connectivity index (χ4v) is 2.18. The number of anilines is 3. The van der Waals surface area contributed by atoms with Crippen LogP contribution in [0.4, 0.5) is 17.1 Å². The lowest BCUT2D eigenvalue weighted by Gasteiger charge is -2.15. The van der Waals surface area contributed by atoms with Gasteiger partial charge in [0.25, 0.3) is 0 Å². The molecule has 112 valence electrons. The van der Waals surface area contributed by atoms with Gasteiger partial charge >= 0.3 is 0 Å². The standard InChI is InChI=1S/C17H23N3O/c1-20(2)15-7-4-13(5-8-15)16-12-14(18)6-9-17(16)19-10-11-21-3/h4-9,12,19H,10-11,18H2,1-3H3. The fraction of sp³-hybridized carbons (Fsp3) is 0.294. The Morgan fingerprint density at radius 1 is 1.10 bits per heavy atom. The average molecular weight is 285 g/mol. The van der Waals surface area contributed by atoms with Crippen LogP contribution in [0.15, 0.2) is 42.5 Å². The van der Waals surface area contributed by atoms with Crippen LogP contribution in [-0.2, 0) is 4.74 Å². The second-order valence-electron chi connectivity index (χ2n) is 5.17. The molecule has 4 nitrogen and oxygen atoms in total. The number of methoxy groups -OCH3 is 1. The van der Waals surface area contributed by atoms with Gasteiger partial charge in [0.2, 0.25) is 0 Å². The quantitative estimate of drug-likeness (QED) is 0.632. The van der Waals surface area contributed by atoms with Gasteiger partial charge in [-0.3, -0.25) is 0 Å². The van der Waals surface area contributed by atoms with Gasteiger partial charge in [-0.15, -0.1) is 0 Å². The molecule has 2 aromatic carbocycles. The van der Waals surface area contributed by atoms with Crippen LogP contribution < -0.4 is 16.0 Å². The third kappa shape index (κ3) is 3.89. The molecular formula is C17H23N3O. The number of hydrogen-bond donors (Lipinski definition) is 2. The van der Waals surface area contributed by atoms with Crippen molar-refractivity contribution in [1.29, 1.82) is 0 Å². The van der Waals surface area contributed by atoms with E-state index in [2.05, 4.69) is 34.5 Å². The molecule has 0 amide bonds. The van der Waals surface area contributed by atoms with E-state index in [1.54, 1.807) is 7.11 Å². The number of nitrogens with one attached hydrogen (secondary N) is 1. The maximum absolute atomic E-state index is 5.94. The Balaban J connectivity index is 2.30. The molecule has 3 N–H and O–H groups in total. The molecule has 0 aromatic heterocycles. The van der Waals surface area contributed by atoms with E-state index < -0.39 is 0 Å². The lowest BCUT2D eigenvalue weighted by atomic mass is 10.0. The first-order valence-corrected chi connectivity index (χ1v) is 7.02. The first-order valence-electron chi connectivity index (χ1n) is 7.02. The Bertz CT molecular complexity index is 579. The van der Waals surface area contributed by atoms with Crippen molar-refractivity contribution in [2.75, 3.05) is 50.3 Å². The number of ether oxygens (including phenoxy) is 1. The molecule has 0 aliphatic carbocycles. The second kappa shape index (κ2) is 6.99. The third-order valence-corrected chi connectivity index (χ3v) is 3.36. The van der Waals surface area contributed by atoms with Gasteiger partial charge in [-0.25, -0.2) is 0 Å². The molecule has 2 aromatic rings. The molecule has 0 unspecified atom stereocenters. The van der Waals surface area contributed by atoms with Crippen molar-refractivity contribution >= 4 is 17.1 Å². The summed E-state index contributed by atoms with van der Waals surface area (Å²) < 4.78 is 5.08. The number of rotatable bonds is 6. The summed E-state index contributed by atoms with van der Waals surface area (Å²) >= 11 is 0. The Labute approximate surface area is 126 Å². The van der Waals surface area contributed by atoms with Gasteiger partial charge in [0, 0.05) is 50.4 Å². The van der Waals surface area contributed by atoms with Crippen molar-refractivity contribution < 1.29 is 4.74 Å². The first kappa shape index (κ1) is 15.2. The summed E-state index contributed by atoms with van der Waals surface area (Å²) in [5.41, 5.74) is 11.2. The predicted octanol–water partition coefficient (Wildman–Crippen LogP) is 3.06. The maximum atomic E-state index is 5.94. The largest absolute Gasteiger partial charge is 0.399 e. The Morgan fingerprint density at radius 2 is 1.81 bits per heavy atom. The summed E-state index contributed by atoms with van der Waals surface area (Å²) in [4.78, 5) is 2.08. The van der Waals surface area contributed by atoms with Gasteiger partial charge in [0.15, 0.2) is 0 Å². The van der Waals surface area contributed by atoms with Gasteiger partial charge in [0.05, 0.1) is 6.61 Å². The fourth-order valence-electron chi connectivity index (χ4n) is 2.18. The summed E-state index contributed by atoms with van der Waals surface area (Å²) in [5.74, 6) is 0. The Kier molecular flexibility index (Phi) is 5.06. The van der Waals surface area contributed by atoms with E-state index in [-0.39, 0.29) is 0 Å². The number of nitrogens with two attached hydrogens (primary N) is 1. The third-order valence-electron chi connectivity index (χ3n) is 3.36. The van der Waals surface area contributed by atoms with E-state index in [1.807, 2.05) is 32.3 Å². The van der Waals surface area contributed by atoms with E-state index in [9.17, 15) is 0 Å². The summed E-state index contributed by atoms with van der Waals surface area (Å²) in [7, 11) is 5.77. The highest BCUT2D eigenvalue weighted by atomic mass is 16.5. The van der Waals surface area contributed by atoms with Crippen LogP contribution in [0.2, 0.25) is 0 Å². The van der Waals surface area contributed by atoms with E-state index in [0.29, 0.717) is 6.61 Å². The van der Waals surface area contributed by atoms with Crippen LogP contribution in [0.1, 0.15) is 0 Å². The van der Waals surface area contributed by atoms with Crippen LogP contribution in [0.3, 0.4) is 0 Å². The molecule has 21 heavy (non-hydrogen) atoms. The predicted molar refractivity (Wildman–Crippen MR) is 91.0 cm³/mol. The summed E-state index contributed by atoms with van der Waals surface area (Å²) in [6, 6.07) is 14.4. The molecule has 2 rings (SSSR count). The minimum atomic E-state index is 0.670. The van der Waals surface area contributed by atoms with Crippen LogP contribution in [-0.4, -0.2) is 34.4 Å². The van der Waals surface area contributed by atoms with Crippen molar-refractivity contribution in [3.63, 3.8) is 0 Å². The highest BCUT2D eigenvalue weighted by Crippen LogP contribution is 2.31. The van der Waals surface area contributed by atoms with E-state index in [0.717, 1.165) is 29.0 Å². The van der Waals surface area contributed by atoms with Crippen molar-refractivity contribution in [3.8, 4) is 11.1 Å². The minimum absolute atomic E-state index is 0.670. The monoisotopic (exact) mass is 285 g/mol. The molecule has 0 aliphatic heterocycles. The van der Waals surface area contributed by atoms with Crippen molar-refractivity contribution in [1.82, 2.24) is 0 Å². The number of hydrogen-bond acceptors (Lipinski definition) is 4. The van der Waals surface area contributed by atoms with E-state index >= 15 is 0 Å². The zero-order chi connectivity index (χ0) is 15.2. The number of benzene rings is 2. The minimum Gasteiger partial charge on any atom is -0.399 e. The molecule has 0 aliphatic rings. The Hall–Kier alpha value is -2.20. The Morgan fingerprint density at radius 3 is 2.43 bits per heavy atom. The molecule has 0 bridgehead atoms. The molecule has 0 heterocycles. The summed E-state index contributed by atoms with van der Waals surface area (Å²) in [6.45, 7) is 1.44. The van der Waals surface area contributed by atoms with E-state index in [1.165, 1.54) is 5.69 Å². The zero-order valence-corrected chi connectivity index (χ0v) is 12.9. The van der Waals surface area contributed by atoms with Gasteiger partial charge in [0.1, 0.15) is 0 Å². The molecule has 0 radical (unpaired) electrons. The number of nitrogen functional groups attached to an aromatic ring is 1. The van der Waals surface area contributed by atoms with Gasteiger partial charge < -0.3 is 20.7 Å². The van der Waals surface area contributed by atoms with Crippen LogP contribution in [0, 0.1) is 0 Å². The summed E-state index contributed by atoms with van der Waals surface area (Å²) in [5, 5.41) is 3.39. The van der Waals surface area contributed by atoms with Gasteiger partial charge in [-0.2, -0.15) is 0 Å². The van der Waals surface area contributed by atoms with Crippen molar-refractivity contribution in [2.24, 2.45) is 0 Å². The average Bonchev–Trinajstić information content (AvgIpc) is 2.49. The highest BCUT2D eigenvalue weighted by molar-refractivity contribution is 5.81. The molecule has 4 heteroatoms. The zero-order valence-electron chi connectivity index (χ0n) is 12.9. The first-order chi connectivity index (χ1) is 10.1. The maximum Gasteiger partial charge on any atom is 0.0635 e. The normalized spacial score (nSPS) is 10.4. The van der Waals surface area contributed by atoms with Crippen LogP contribution >= 0.6 is 0 Å². The van der Waals surface area contributed by atoms with E-state index in [4.69, 9.17) is 10.5 Å². The molecule has 0 spiro atoms. The van der Waals surface area contributed by atoms with Crippen LogP contribution in [0.5, 0.6) is 0 Å². The van der Waals surface area contributed by atoms with Gasteiger partial charge in [-0.1, -0.05) is 12.1 Å². The molecule has 0 saturated heterocycles. The lowest BCUT2D eigenvalue weighted by molar-refractivity contribution is 0.211. The van der Waals surface area contributed by atoms with Gasteiger partial charge in [-0.05, 0) is 35.9 Å². The summed E-state index contributed by atoms with van der Waals surface area (Å²) in [6.07, 6.45) is 0. The van der Waals surface area contributed by atoms with Crippen molar-refractivity contribution in [2.45, 2.75) is 0 Å². The second-order valence-corrected chi connectivity index (χ2v) is 5.17. The smallest absolute Gasteiger partial charge is 0.0635 e. The molecule has 0 atom stereocenters.